The highest BCUT2D eigenvalue weighted by molar-refractivity contribution is 5.80. The normalized spacial score (nSPS) is 24.9. The van der Waals surface area contributed by atoms with Crippen molar-refractivity contribution >= 4 is 11.6 Å². The molecule has 0 bridgehead atoms. The van der Waals surface area contributed by atoms with Crippen molar-refractivity contribution in [1.29, 1.82) is 0 Å². The third kappa shape index (κ3) is 4.55. The summed E-state index contributed by atoms with van der Waals surface area (Å²) in [5, 5.41) is 3.66. The Hall–Kier alpha value is -2.70. The second-order valence-corrected chi connectivity index (χ2v) is 8.52. The van der Waals surface area contributed by atoms with Gasteiger partial charge in [-0.1, -0.05) is 13.0 Å². The number of ether oxygens (including phenoxy) is 1. The Labute approximate surface area is 179 Å². The van der Waals surface area contributed by atoms with Crippen LogP contribution in [0, 0.1) is 11.8 Å². The van der Waals surface area contributed by atoms with E-state index in [0.717, 1.165) is 50.9 Å². The van der Waals surface area contributed by atoms with E-state index in [1.54, 1.807) is 7.11 Å². The van der Waals surface area contributed by atoms with Crippen molar-refractivity contribution in [3.05, 3.63) is 43.0 Å². The summed E-state index contributed by atoms with van der Waals surface area (Å²) in [5.74, 6) is 3.19. The van der Waals surface area contributed by atoms with E-state index in [4.69, 9.17) is 4.74 Å². The number of guanidine groups is 1. The van der Waals surface area contributed by atoms with Crippen LogP contribution in [0.1, 0.15) is 25.8 Å². The fraction of sp³-hybridized carbons (Fsp3) is 0.565. The third-order valence-corrected chi connectivity index (χ3v) is 6.59. The van der Waals surface area contributed by atoms with Gasteiger partial charge < -0.3 is 24.4 Å². The van der Waals surface area contributed by atoms with Crippen LogP contribution < -0.4 is 15.0 Å². The number of rotatable bonds is 5. The van der Waals surface area contributed by atoms with Gasteiger partial charge in [0.1, 0.15) is 5.75 Å². The molecular formula is C23H34N6O. The number of nitrogens with zero attached hydrogens (tertiary/aromatic N) is 5. The Bertz CT molecular complexity index is 836. The first kappa shape index (κ1) is 20.6. The average molecular weight is 411 g/mol. The average Bonchev–Trinajstić information content (AvgIpc) is 3.47. The van der Waals surface area contributed by atoms with Gasteiger partial charge in [0.25, 0.3) is 0 Å². The van der Waals surface area contributed by atoms with Gasteiger partial charge in [0.15, 0.2) is 5.96 Å². The van der Waals surface area contributed by atoms with Crippen molar-refractivity contribution in [1.82, 2.24) is 19.8 Å². The van der Waals surface area contributed by atoms with Gasteiger partial charge in [-0.2, -0.15) is 0 Å². The minimum atomic E-state index is 0.440. The maximum atomic E-state index is 5.38. The lowest BCUT2D eigenvalue weighted by atomic mass is 9.93. The fourth-order valence-electron chi connectivity index (χ4n) is 4.70. The maximum Gasteiger partial charge on any atom is 0.193 e. The summed E-state index contributed by atoms with van der Waals surface area (Å²) in [6.07, 6.45) is 8.23. The molecule has 2 aliphatic heterocycles. The number of hydrogen-bond acceptors (Lipinski definition) is 4. The van der Waals surface area contributed by atoms with E-state index in [9.17, 15) is 0 Å². The van der Waals surface area contributed by atoms with Gasteiger partial charge in [-0.15, -0.1) is 0 Å². The number of methoxy groups -OCH3 is 1. The van der Waals surface area contributed by atoms with E-state index >= 15 is 0 Å². The highest BCUT2D eigenvalue weighted by Crippen LogP contribution is 2.28. The summed E-state index contributed by atoms with van der Waals surface area (Å²) in [5.41, 5.74) is 1.24. The number of benzene rings is 1. The summed E-state index contributed by atoms with van der Waals surface area (Å²) in [4.78, 5) is 13.7. The molecule has 0 aliphatic carbocycles. The lowest BCUT2D eigenvalue weighted by molar-refractivity contribution is 0.188. The van der Waals surface area contributed by atoms with E-state index in [2.05, 4.69) is 61.0 Å². The van der Waals surface area contributed by atoms with Crippen molar-refractivity contribution < 1.29 is 4.74 Å². The molecule has 2 saturated heterocycles. The molecule has 3 heterocycles. The zero-order valence-corrected chi connectivity index (χ0v) is 18.4. The zero-order chi connectivity index (χ0) is 20.9. The molecule has 2 aromatic rings. The third-order valence-electron chi connectivity index (χ3n) is 6.59. The number of piperidine rings is 1. The number of aliphatic imine (C=N–C) groups is 1. The number of likely N-dealkylation sites (tertiary alicyclic amines) is 1. The molecule has 2 aliphatic rings. The van der Waals surface area contributed by atoms with Crippen LogP contribution in [0.5, 0.6) is 5.75 Å². The predicted octanol–water partition coefficient (Wildman–Crippen LogP) is 2.88. The summed E-state index contributed by atoms with van der Waals surface area (Å²) < 4.78 is 7.62. The van der Waals surface area contributed by atoms with Gasteiger partial charge >= 0.3 is 0 Å². The fourth-order valence-corrected chi connectivity index (χ4v) is 4.70. The van der Waals surface area contributed by atoms with Crippen molar-refractivity contribution in [3.63, 3.8) is 0 Å². The Morgan fingerprint density at radius 3 is 2.93 bits per heavy atom. The molecular weight excluding hydrogens is 376 g/mol. The quantitative estimate of drug-likeness (QED) is 0.607. The van der Waals surface area contributed by atoms with Crippen molar-refractivity contribution in [2.45, 2.75) is 25.8 Å². The molecule has 0 saturated carbocycles. The molecule has 1 aromatic heterocycles. The molecule has 7 heteroatoms. The molecule has 1 aromatic carbocycles. The summed E-state index contributed by atoms with van der Waals surface area (Å²) in [6.45, 7) is 7.46. The number of anilines is 1. The van der Waals surface area contributed by atoms with Gasteiger partial charge in [-0.05, 0) is 36.8 Å². The molecule has 4 rings (SSSR count). The SMILES string of the molecule is CN=C(NCC1CCN(c2cccc(OC)c2)C1)N1CCC(C)C(n2ccnc2)C1. The highest BCUT2D eigenvalue weighted by atomic mass is 16.5. The Kier molecular flexibility index (Phi) is 6.45. The van der Waals surface area contributed by atoms with Crippen LogP contribution in [0.25, 0.3) is 0 Å². The minimum absolute atomic E-state index is 0.440. The number of nitrogens with one attached hydrogen (secondary N) is 1. The van der Waals surface area contributed by atoms with Crippen LogP contribution in [0.15, 0.2) is 48.0 Å². The monoisotopic (exact) mass is 410 g/mol. The lowest BCUT2D eigenvalue weighted by Crippen LogP contribution is -2.49. The molecule has 0 spiro atoms. The molecule has 30 heavy (non-hydrogen) atoms. The predicted molar refractivity (Wildman–Crippen MR) is 121 cm³/mol. The van der Waals surface area contributed by atoms with Crippen LogP contribution in [-0.2, 0) is 0 Å². The van der Waals surface area contributed by atoms with Crippen molar-refractivity contribution in [2.75, 3.05) is 51.8 Å². The van der Waals surface area contributed by atoms with Crippen molar-refractivity contribution in [2.24, 2.45) is 16.8 Å². The second-order valence-electron chi connectivity index (χ2n) is 8.52. The van der Waals surface area contributed by atoms with E-state index in [0.29, 0.717) is 17.9 Å². The summed E-state index contributed by atoms with van der Waals surface area (Å²) in [7, 11) is 3.62. The molecule has 1 N–H and O–H groups in total. The van der Waals surface area contributed by atoms with Crippen LogP contribution in [0.4, 0.5) is 5.69 Å². The Balaban J connectivity index is 1.31. The topological polar surface area (TPSA) is 57.9 Å². The Morgan fingerprint density at radius 1 is 1.27 bits per heavy atom. The van der Waals surface area contributed by atoms with Crippen LogP contribution >= 0.6 is 0 Å². The smallest absolute Gasteiger partial charge is 0.193 e. The van der Waals surface area contributed by atoms with Gasteiger partial charge in [0.05, 0.1) is 19.5 Å². The first-order valence-corrected chi connectivity index (χ1v) is 11.0. The van der Waals surface area contributed by atoms with E-state index < -0.39 is 0 Å². The van der Waals surface area contributed by atoms with E-state index in [1.165, 1.54) is 12.1 Å². The largest absolute Gasteiger partial charge is 0.497 e. The molecule has 0 amide bonds. The second kappa shape index (κ2) is 9.41. The first-order valence-electron chi connectivity index (χ1n) is 11.0. The van der Waals surface area contributed by atoms with Crippen LogP contribution in [-0.4, -0.2) is 67.3 Å². The standard InChI is InChI=1S/C23H34N6O/c1-18-7-10-28(16-22(18)29-12-9-25-17-29)23(24-2)26-14-19-8-11-27(15-19)20-5-4-6-21(13-20)30-3/h4-6,9,12-13,17-19,22H,7-8,10-11,14-16H2,1-3H3,(H,24,26). The number of hydrogen-bond donors (Lipinski definition) is 1. The van der Waals surface area contributed by atoms with Crippen LogP contribution in [0.2, 0.25) is 0 Å². The molecule has 0 radical (unpaired) electrons. The van der Waals surface area contributed by atoms with E-state index in [1.807, 2.05) is 25.6 Å². The zero-order valence-electron chi connectivity index (χ0n) is 18.4. The maximum absolute atomic E-state index is 5.38. The lowest BCUT2D eigenvalue weighted by Gasteiger charge is -2.39. The summed E-state index contributed by atoms with van der Waals surface area (Å²) in [6, 6.07) is 8.80. The molecule has 7 nitrogen and oxygen atoms in total. The van der Waals surface area contributed by atoms with Crippen molar-refractivity contribution in [3.8, 4) is 5.75 Å². The molecule has 162 valence electrons. The minimum Gasteiger partial charge on any atom is -0.497 e. The van der Waals surface area contributed by atoms with Gasteiger partial charge in [-0.25, -0.2) is 4.98 Å². The highest BCUT2D eigenvalue weighted by Gasteiger charge is 2.29. The number of imidazole rings is 1. The van der Waals surface area contributed by atoms with Gasteiger partial charge in [0, 0.05) is 63.9 Å². The summed E-state index contributed by atoms with van der Waals surface area (Å²) >= 11 is 0. The van der Waals surface area contributed by atoms with Gasteiger partial charge in [-0.3, -0.25) is 4.99 Å². The number of aromatic nitrogens is 2. The molecule has 2 fully saturated rings. The first-order chi connectivity index (χ1) is 14.7. The van der Waals surface area contributed by atoms with Crippen LogP contribution in [0.3, 0.4) is 0 Å². The molecule has 3 atom stereocenters. The Morgan fingerprint density at radius 2 is 2.17 bits per heavy atom. The van der Waals surface area contributed by atoms with E-state index in [-0.39, 0.29) is 0 Å². The molecule has 3 unspecified atom stereocenters. The van der Waals surface area contributed by atoms with Gasteiger partial charge in [0.2, 0.25) is 0 Å².